The molecule has 3 heteroatoms. The Morgan fingerprint density at radius 2 is 1.69 bits per heavy atom. The van der Waals surface area contributed by atoms with Crippen molar-refractivity contribution in [1.29, 1.82) is 0 Å². The molecular formula is C13H10ClNO. The lowest BCUT2D eigenvalue weighted by Crippen LogP contribution is -2.10. The van der Waals surface area contributed by atoms with Gasteiger partial charge >= 0.3 is 0 Å². The van der Waals surface area contributed by atoms with Crippen molar-refractivity contribution in [3.8, 4) is 11.1 Å². The maximum Gasteiger partial charge on any atom is 0.248 e. The standard InChI is InChI=1S/C13H10ClNO/c14-12-3-1-2-11(8-12)9-4-6-10(7-5-9)13(15)16/h1-8H,(H2,15,16). The van der Waals surface area contributed by atoms with Crippen LogP contribution >= 0.6 is 11.6 Å². The molecule has 2 N–H and O–H groups in total. The number of carbonyl (C=O) groups excluding carboxylic acids is 1. The molecule has 2 rings (SSSR count). The molecule has 0 aliphatic heterocycles. The third-order valence-electron chi connectivity index (χ3n) is 2.33. The number of hydrogen-bond acceptors (Lipinski definition) is 1. The van der Waals surface area contributed by atoms with Gasteiger partial charge in [-0.05, 0) is 35.4 Å². The number of amides is 1. The van der Waals surface area contributed by atoms with Crippen LogP contribution < -0.4 is 5.73 Å². The van der Waals surface area contributed by atoms with Crippen LogP contribution in [0.4, 0.5) is 0 Å². The summed E-state index contributed by atoms with van der Waals surface area (Å²) in [5, 5.41) is 0.691. The van der Waals surface area contributed by atoms with Crippen LogP contribution in [0, 0.1) is 0 Å². The van der Waals surface area contributed by atoms with Crippen LogP contribution in [0.25, 0.3) is 11.1 Å². The molecule has 2 aromatic carbocycles. The van der Waals surface area contributed by atoms with Crippen molar-refractivity contribution in [3.63, 3.8) is 0 Å². The Hall–Kier alpha value is -1.80. The van der Waals surface area contributed by atoms with Crippen LogP contribution in [0.15, 0.2) is 48.5 Å². The number of nitrogens with two attached hydrogens (primary N) is 1. The summed E-state index contributed by atoms with van der Waals surface area (Å²) in [5.74, 6) is -0.419. The number of hydrogen-bond donors (Lipinski definition) is 1. The summed E-state index contributed by atoms with van der Waals surface area (Å²) in [6, 6.07) is 14.7. The van der Waals surface area contributed by atoms with Crippen molar-refractivity contribution >= 4 is 17.5 Å². The SMILES string of the molecule is NC(=O)c1ccc(-c2cccc(Cl)c2)cc1. The van der Waals surface area contributed by atoms with E-state index in [0.717, 1.165) is 11.1 Å². The molecule has 2 nitrogen and oxygen atoms in total. The monoisotopic (exact) mass is 231 g/mol. The van der Waals surface area contributed by atoms with Gasteiger partial charge in [0.25, 0.3) is 0 Å². The Bertz CT molecular complexity index is 520. The zero-order valence-electron chi connectivity index (χ0n) is 8.48. The molecule has 0 bridgehead atoms. The summed E-state index contributed by atoms with van der Waals surface area (Å²) >= 11 is 5.90. The van der Waals surface area contributed by atoms with E-state index >= 15 is 0 Å². The lowest BCUT2D eigenvalue weighted by Gasteiger charge is -2.02. The summed E-state index contributed by atoms with van der Waals surface area (Å²) < 4.78 is 0. The lowest BCUT2D eigenvalue weighted by atomic mass is 10.0. The van der Waals surface area contributed by atoms with Gasteiger partial charge in [0.05, 0.1) is 0 Å². The molecule has 0 aliphatic rings. The first-order valence-electron chi connectivity index (χ1n) is 4.82. The number of benzene rings is 2. The Morgan fingerprint density at radius 3 is 2.25 bits per heavy atom. The van der Waals surface area contributed by atoms with E-state index in [1.54, 1.807) is 12.1 Å². The van der Waals surface area contributed by atoms with E-state index in [4.69, 9.17) is 17.3 Å². The second kappa shape index (κ2) is 4.37. The smallest absolute Gasteiger partial charge is 0.248 e. The molecule has 0 fully saturated rings. The lowest BCUT2D eigenvalue weighted by molar-refractivity contribution is 0.100. The topological polar surface area (TPSA) is 43.1 Å². The van der Waals surface area contributed by atoms with E-state index < -0.39 is 5.91 Å². The molecule has 0 heterocycles. The highest BCUT2D eigenvalue weighted by Crippen LogP contribution is 2.22. The third-order valence-corrected chi connectivity index (χ3v) is 2.56. The van der Waals surface area contributed by atoms with Gasteiger partial charge in [-0.2, -0.15) is 0 Å². The highest BCUT2D eigenvalue weighted by Gasteiger charge is 2.01. The zero-order chi connectivity index (χ0) is 11.5. The molecule has 0 saturated carbocycles. The molecule has 0 radical (unpaired) electrons. The van der Waals surface area contributed by atoms with E-state index in [-0.39, 0.29) is 0 Å². The Balaban J connectivity index is 2.38. The predicted molar refractivity (Wildman–Crippen MR) is 65.4 cm³/mol. The van der Waals surface area contributed by atoms with E-state index in [0.29, 0.717) is 10.6 Å². The Labute approximate surface area is 98.7 Å². The van der Waals surface area contributed by atoms with Crippen molar-refractivity contribution in [2.24, 2.45) is 5.73 Å². The van der Waals surface area contributed by atoms with Gasteiger partial charge in [0.1, 0.15) is 0 Å². The number of carbonyl (C=O) groups is 1. The van der Waals surface area contributed by atoms with Gasteiger partial charge in [-0.3, -0.25) is 4.79 Å². The molecule has 0 aliphatic carbocycles. The van der Waals surface area contributed by atoms with Crippen LogP contribution in [0.2, 0.25) is 5.02 Å². The fraction of sp³-hybridized carbons (Fsp3) is 0. The van der Waals surface area contributed by atoms with Gasteiger partial charge in [-0.25, -0.2) is 0 Å². The van der Waals surface area contributed by atoms with E-state index in [2.05, 4.69) is 0 Å². The van der Waals surface area contributed by atoms with Crippen molar-refractivity contribution in [3.05, 3.63) is 59.1 Å². The number of rotatable bonds is 2. The maximum absolute atomic E-state index is 10.9. The van der Waals surface area contributed by atoms with E-state index in [1.807, 2.05) is 36.4 Å². The highest BCUT2D eigenvalue weighted by atomic mass is 35.5. The molecule has 0 spiro atoms. The molecule has 0 aromatic heterocycles. The average Bonchev–Trinajstić information content (AvgIpc) is 2.29. The van der Waals surface area contributed by atoms with Gasteiger partial charge in [-0.1, -0.05) is 35.9 Å². The summed E-state index contributed by atoms with van der Waals surface area (Å²) in [6.45, 7) is 0. The minimum absolute atomic E-state index is 0.419. The van der Waals surface area contributed by atoms with Crippen LogP contribution in [0.3, 0.4) is 0 Å². The largest absolute Gasteiger partial charge is 0.366 e. The third kappa shape index (κ3) is 2.23. The minimum Gasteiger partial charge on any atom is -0.366 e. The summed E-state index contributed by atoms with van der Waals surface area (Å²) in [4.78, 5) is 10.9. The van der Waals surface area contributed by atoms with E-state index in [9.17, 15) is 4.79 Å². The first-order valence-corrected chi connectivity index (χ1v) is 5.20. The second-order valence-electron chi connectivity index (χ2n) is 3.45. The first-order chi connectivity index (χ1) is 7.66. The van der Waals surface area contributed by atoms with Crippen molar-refractivity contribution < 1.29 is 4.79 Å². The fourth-order valence-electron chi connectivity index (χ4n) is 1.49. The molecule has 0 unspecified atom stereocenters. The highest BCUT2D eigenvalue weighted by molar-refractivity contribution is 6.30. The Morgan fingerprint density at radius 1 is 1.00 bits per heavy atom. The van der Waals surface area contributed by atoms with Gasteiger partial charge in [-0.15, -0.1) is 0 Å². The molecule has 0 atom stereocenters. The summed E-state index contributed by atoms with van der Waals surface area (Å²) in [5.41, 5.74) is 7.70. The average molecular weight is 232 g/mol. The van der Waals surface area contributed by atoms with Crippen LogP contribution in [0.5, 0.6) is 0 Å². The molecule has 0 saturated heterocycles. The second-order valence-corrected chi connectivity index (χ2v) is 3.89. The fourth-order valence-corrected chi connectivity index (χ4v) is 1.69. The zero-order valence-corrected chi connectivity index (χ0v) is 9.24. The van der Waals surface area contributed by atoms with Crippen molar-refractivity contribution in [2.45, 2.75) is 0 Å². The first kappa shape index (κ1) is 10.7. The summed E-state index contributed by atoms with van der Waals surface area (Å²) in [6.07, 6.45) is 0. The van der Waals surface area contributed by atoms with Gasteiger partial charge in [0, 0.05) is 10.6 Å². The molecule has 1 amide bonds. The van der Waals surface area contributed by atoms with Crippen LogP contribution in [-0.2, 0) is 0 Å². The van der Waals surface area contributed by atoms with Crippen molar-refractivity contribution in [1.82, 2.24) is 0 Å². The maximum atomic E-state index is 10.9. The van der Waals surface area contributed by atoms with Gasteiger partial charge in [0.15, 0.2) is 0 Å². The van der Waals surface area contributed by atoms with Gasteiger partial charge < -0.3 is 5.73 Å². The normalized spacial score (nSPS) is 10.1. The van der Waals surface area contributed by atoms with Crippen LogP contribution in [0.1, 0.15) is 10.4 Å². The quantitative estimate of drug-likeness (QED) is 0.848. The Kier molecular flexibility index (Phi) is 2.93. The predicted octanol–water partition coefficient (Wildman–Crippen LogP) is 3.11. The van der Waals surface area contributed by atoms with Gasteiger partial charge in [0.2, 0.25) is 5.91 Å². The molecule has 80 valence electrons. The number of halogens is 1. The molecular weight excluding hydrogens is 222 g/mol. The van der Waals surface area contributed by atoms with Crippen LogP contribution in [-0.4, -0.2) is 5.91 Å². The minimum atomic E-state index is -0.419. The molecule has 2 aromatic rings. The molecule has 16 heavy (non-hydrogen) atoms. The summed E-state index contributed by atoms with van der Waals surface area (Å²) in [7, 11) is 0. The number of primary amides is 1. The van der Waals surface area contributed by atoms with E-state index in [1.165, 1.54) is 0 Å². The van der Waals surface area contributed by atoms with Crippen molar-refractivity contribution in [2.75, 3.05) is 0 Å².